The molecule has 2 atom stereocenters. The zero-order valence-corrected chi connectivity index (χ0v) is 12.2. The third-order valence-electron chi connectivity index (χ3n) is 4.56. The number of ether oxygens (including phenoxy) is 1. The lowest BCUT2D eigenvalue weighted by Crippen LogP contribution is -2.43. The first-order valence-electron chi connectivity index (χ1n) is 7.67. The van der Waals surface area contributed by atoms with Crippen molar-refractivity contribution in [1.82, 2.24) is 4.90 Å². The minimum Gasteiger partial charge on any atom is -0.409 e. The van der Waals surface area contributed by atoms with Crippen molar-refractivity contribution in [2.75, 3.05) is 26.2 Å². The highest BCUT2D eigenvalue weighted by atomic mass is 16.5. The van der Waals surface area contributed by atoms with Gasteiger partial charge in [0.15, 0.2) is 0 Å². The molecule has 1 saturated heterocycles. The summed E-state index contributed by atoms with van der Waals surface area (Å²) < 4.78 is 5.98. The largest absolute Gasteiger partial charge is 0.409 e. The highest BCUT2D eigenvalue weighted by Gasteiger charge is 2.27. The van der Waals surface area contributed by atoms with E-state index in [1.807, 2.05) is 0 Å². The number of nitrogens with two attached hydrogens (primary N) is 1. The quantitative estimate of drug-likeness (QED) is 0.385. The average Bonchev–Trinajstić information content (AvgIpc) is 2.55. The average molecular weight is 289 g/mol. The molecule has 0 saturated carbocycles. The molecule has 0 aliphatic carbocycles. The van der Waals surface area contributed by atoms with Gasteiger partial charge in [-0.3, -0.25) is 4.90 Å². The first-order valence-corrected chi connectivity index (χ1v) is 7.67. The molecule has 3 N–H and O–H groups in total. The van der Waals surface area contributed by atoms with Crippen LogP contribution in [0.2, 0.25) is 0 Å². The second-order valence-corrected chi connectivity index (χ2v) is 5.93. The van der Waals surface area contributed by atoms with Crippen LogP contribution in [0.15, 0.2) is 29.4 Å². The highest BCUT2D eigenvalue weighted by molar-refractivity contribution is 5.82. The van der Waals surface area contributed by atoms with Gasteiger partial charge in [0, 0.05) is 19.0 Å². The number of rotatable bonds is 3. The Morgan fingerprint density at radius 1 is 1.43 bits per heavy atom. The normalized spacial score (nSPS) is 27.3. The minimum atomic E-state index is 0.140. The second-order valence-electron chi connectivity index (χ2n) is 5.93. The fourth-order valence-electron chi connectivity index (χ4n) is 3.41. The number of fused-ring (bicyclic) bond motifs is 1. The summed E-state index contributed by atoms with van der Waals surface area (Å²) >= 11 is 0. The SMILES string of the molecule is NC(=NO)C1CCCN(CC2OCCc3ccccc32)C1. The summed E-state index contributed by atoms with van der Waals surface area (Å²) in [6.07, 6.45) is 3.21. The number of nitrogens with zero attached hydrogens (tertiary/aromatic N) is 2. The number of hydrogen-bond acceptors (Lipinski definition) is 4. The zero-order chi connectivity index (χ0) is 14.7. The molecule has 0 bridgehead atoms. The van der Waals surface area contributed by atoms with Crippen molar-refractivity contribution in [2.45, 2.75) is 25.4 Å². The molecule has 114 valence electrons. The van der Waals surface area contributed by atoms with E-state index in [0.717, 1.165) is 45.5 Å². The summed E-state index contributed by atoms with van der Waals surface area (Å²) in [5.74, 6) is 0.507. The van der Waals surface area contributed by atoms with Crippen LogP contribution in [0.4, 0.5) is 0 Å². The molecular formula is C16H23N3O2. The van der Waals surface area contributed by atoms with Crippen molar-refractivity contribution in [1.29, 1.82) is 0 Å². The summed E-state index contributed by atoms with van der Waals surface area (Å²) in [4.78, 5) is 2.37. The molecule has 5 heteroatoms. The van der Waals surface area contributed by atoms with Gasteiger partial charge in [0.25, 0.3) is 0 Å². The van der Waals surface area contributed by atoms with Crippen LogP contribution in [0.5, 0.6) is 0 Å². The van der Waals surface area contributed by atoms with E-state index in [0.29, 0.717) is 5.84 Å². The Labute approximate surface area is 125 Å². The van der Waals surface area contributed by atoms with Crippen molar-refractivity contribution in [3.63, 3.8) is 0 Å². The van der Waals surface area contributed by atoms with E-state index in [2.05, 4.69) is 34.3 Å². The lowest BCUT2D eigenvalue weighted by molar-refractivity contribution is 0.00960. The Hall–Kier alpha value is -1.59. The maximum Gasteiger partial charge on any atom is 0.143 e. The second kappa shape index (κ2) is 6.45. The lowest BCUT2D eigenvalue weighted by atomic mass is 9.94. The molecule has 1 aromatic carbocycles. The molecule has 0 amide bonds. The molecule has 2 heterocycles. The molecule has 2 aliphatic heterocycles. The van der Waals surface area contributed by atoms with Gasteiger partial charge in [-0.05, 0) is 36.9 Å². The van der Waals surface area contributed by atoms with Crippen molar-refractivity contribution < 1.29 is 9.94 Å². The van der Waals surface area contributed by atoms with Crippen LogP contribution in [-0.4, -0.2) is 42.2 Å². The molecule has 5 nitrogen and oxygen atoms in total. The van der Waals surface area contributed by atoms with Crippen molar-refractivity contribution in [3.05, 3.63) is 35.4 Å². The van der Waals surface area contributed by atoms with E-state index >= 15 is 0 Å². The van der Waals surface area contributed by atoms with E-state index in [4.69, 9.17) is 15.7 Å². The Morgan fingerprint density at radius 3 is 3.14 bits per heavy atom. The van der Waals surface area contributed by atoms with Crippen LogP contribution in [0.25, 0.3) is 0 Å². The van der Waals surface area contributed by atoms with Crippen LogP contribution >= 0.6 is 0 Å². The molecule has 1 aromatic rings. The molecule has 0 aromatic heterocycles. The van der Waals surface area contributed by atoms with Gasteiger partial charge in [0.05, 0.1) is 12.7 Å². The number of benzene rings is 1. The van der Waals surface area contributed by atoms with E-state index in [1.54, 1.807) is 0 Å². The first-order chi connectivity index (χ1) is 10.3. The van der Waals surface area contributed by atoms with Crippen LogP contribution in [0, 0.1) is 5.92 Å². The number of likely N-dealkylation sites (tertiary alicyclic amines) is 1. The topological polar surface area (TPSA) is 71.1 Å². The standard InChI is InChI=1S/C16H23N3O2/c17-16(18-20)13-5-3-8-19(10-13)11-15-14-6-2-1-4-12(14)7-9-21-15/h1-2,4,6,13,15,20H,3,5,7-11H2,(H2,17,18). The number of oxime groups is 1. The van der Waals surface area contributed by atoms with Crippen LogP contribution < -0.4 is 5.73 Å². The summed E-state index contributed by atoms with van der Waals surface area (Å²) in [7, 11) is 0. The summed E-state index contributed by atoms with van der Waals surface area (Å²) in [6.45, 7) is 3.57. The Balaban J connectivity index is 1.67. The molecule has 0 radical (unpaired) electrons. The number of amidine groups is 1. The molecule has 0 spiro atoms. The van der Waals surface area contributed by atoms with Crippen LogP contribution in [0.1, 0.15) is 30.1 Å². The molecule has 2 aliphatic rings. The fraction of sp³-hybridized carbons (Fsp3) is 0.562. The first kappa shape index (κ1) is 14.4. The molecule has 2 unspecified atom stereocenters. The maximum absolute atomic E-state index is 8.84. The van der Waals surface area contributed by atoms with Gasteiger partial charge < -0.3 is 15.7 Å². The third kappa shape index (κ3) is 3.19. The molecular weight excluding hydrogens is 266 g/mol. The highest BCUT2D eigenvalue weighted by Crippen LogP contribution is 2.29. The lowest BCUT2D eigenvalue weighted by Gasteiger charge is -2.36. The summed E-state index contributed by atoms with van der Waals surface area (Å²) in [6, 6.07) is 8.54. The molecule has 3 rings (SSSR count). The summed E-state index contributed by atoms with van der Waals surface area (Å²) in [5, 5.41) is 12.0. The minimum absolute atomic E-state index is 0.140. The van der Waals surface area contributed by atoms with E-state index in [-0.39, 0.29) is 12.0 Å². The van der Waals surface area contributed by atoms with Crippen molar-refractivity contribution >= 4 is 5.84 Å². The van der Waals surface area contributed by atoms with Crippen molar-refractivity contribution in [3.8, 4) is 0 Å². The Kier molecular flexibility index (Phi) is 4.41. The van der Waals surface area contributed by atoms with Gasteiger partial charge in [-0.25, -0.2) is 0 Å². The van der Waals surface area contributed by atoms with Crippen molar-refractivity contribution in [2.24, 2.45) is 16.8 Å². The maximum atomic E-state index is 8.84. The Bertz CT molecular complexity index is 518. The van der Waals surface area contributed by atoms with Gasteiger partial charge >= 0.3 is 0 Å². The molecule has 1 fully saturated rings. The predicted octanol–water partition coefficient (Wildman–Crippen LogP) is 1.76. The zero-order valence-electron chi connectivity index (χ0n) is 12.2. The van der Waals surface area contributed by atoms with E-state index in [1.165, 1.54) is 11.1 Å². The van der Waals surface area contributed by atoms with Crippen LogP contribution in [-0.2, 0) is 11.2 Å². The van der Waals surface area contributed by atoms with Gasteiger partial charge in [-0.2, -0.15) is 0 Å². The molecule has 21 heavy (non-hydrogen) atoms. The van der Waals surface area contributed by atoms with E-state index < -0.39 is 0 Å². The smallest absolute Gasteiger partial charge is 0.143 e. The van der Waals surface area contributed by atoms with Crippen LogP contribution in [0.3, 0.4) is 0 Å². The number of piperidine rings is 1. The fourth-order valence-corrected chi connectivity index (χ4v) is 3.41. The summed E-state index contributed by atoms with van der Waals surface area (Å²) in [5.41, 5.74) is 8.48. The predicted molar refractivity (Wildman–Crippen MR) is 81.4 cm³/mol. The number of hydrogen-bond donors (Lipinski definition) is 2. The monoisotopic (exact) mass is 289 g/mol. The van der Waals surface area contributed by atoms with Gasteiger partial charge in [0.2, 0.25) is 0 Å². The Morgan fingerprint density at radius 2 is 2.29 bits per heavy atom. The third-order valence-corrected chi connectivity index (χ3v) is 4.56. The van der Waals surface area contributed by atoms with E-state index in [9.17, 15) is 0 Å². The van der Waals surface area contributed by atoms with Gasteiger partial charge in [-0.1, -0.05) is 29.4 Å². The van der Waals surface area contributed by atoms with Gasteiger partial charge in [0.1, 0.15) is 5.84 Å². The van der Waals surface area contributed by atoms with Gasteiger partial charge in [-0.15, -0.1) is 0 Å².